The summed E-state index contributed by atoms with van der Waals surface area (Å²) in [5.74, 6) is 0. The van der Waals surface area contributed by atoms with E-state index in [1.54, 1.807) is 12.5 Å². The third-order valence-electron chi connectivity index (χ3n) is 2.15. The van der Waals surface area contributed by atoms with Gasteiger partial charge in [-0.3, -0.25) is 0 Å². The Labute approximate surface area is 85.4 Å². The lowest BCUT2D eigenvalue weighted by atomic mass is 10.1. The molecule has 0 aliphatic rings. The minimum absolute atomic E-state index is 0.309. The molecule has 0 spiro atoms. The highest BCUT2D eigenvalue weighted by atomic mass is 16.5. The topological polar surface area (TPSA) is 34.4 Å². The molecule has 0 aliphatic heterocycles. The van der Waals surface area contributed by atoms with E-state index < -0.39 is 0 Å². The molecule has 1 N–H and O–H groups in total. The Balaban J connectivity index is 2.29. The van der Waals surface area contributed by atoms with Crippen molar-refractivity contribution < 1.29 is 9.15 Å². The maximum absolute atomic E-state index is 5.33. The van der Waals surface area contributed by atoms with Crippen LogP contribution in [0.2, 0.25) is 0 Å². The van der Waals surface area contributed by atoms with Gasteiger partial charge in [-0.15, -0.1) is 0 Å². The molecule has 2 unspecified atom stereocenters. The van der Waals surface area contributed by atoms with Crippen molar-refractivity contribution in [3.63, 3.8) is 0 Å². The first-order chi connectivity index (χ1) is 6.74. The summed E-state index contributed by atoms with van der Waals surface area (Å²) in [4.78, 5) is 0. The lowest BCUT2D eigenvalue weighted by molar-refractivity contribution is 0.124. The number of furan rings is 1. The van der Waals surface area contributed by atoms with E-state index in [1.807, 2.05) is 13.0 Å². The maximum atomic E-state index is 5.33. The van der Waals surface area contributed by atoms with Crippen molar-refractivity contribution in [3.8, 4) is 0 Å². The van der Waals surface area contributed by atoms with Crippen LogP contribution in [0, 0.1) is 0 Å². The van der Waals surface area contributed by atoms with Gasteiger partial charge in [0.1, 0.15) is 0 Å². The van der Waals surface area contributed by atoms with Crippen LogP contribution in [0.15, 0.2) is 23.0 Å². The van der Waals surface area contributed by atoms with Gasteiger partial charge in [-0.2, -0.15) is 0 Å². The van der Waals surface area contributed by atoms with Crippen molar-refractivity contribution >= 4 is 0 Å². The van der Waals surface area contributed by atoms with Gasteiger partial charge in [-0.1, -0.05) is 0 Å². The molecule has 3 nitrogen and oxygen atoms in total. The van der Waals surface area contributed by atoms with E-state index in [1.165, 1.54) is 5.56 Å². The fourth-order valence-corrected chi connectivity index (χ4v) is 1.39. The van der Waals surface area contributed by atoms with Gasteiger partial charge < -0.3 is 14.5 Å². The highest BCUT2D eigenvalue weighted by molar-refractivity contribution is 5.10. The zero-order valence-electron chi connectivity index (χ0n) is 9.12. The average Bonchev–Trinajstić information content (AvgIpc) is 2.67. The molecule has 0 saturated heterocycles. The summed E-state index contributed by atoms with van der Waals surface area (Å²) in [5, 5.41) is 3.43. The van der Waals surface area contributed by atoms with Crippen molar-refractivity contribution in [3.05, 3.63) is 24.2 Å². The van der Waals surface area contributed by atoms with Crippen LogP contribution < -0.4 is 5.32 Å². The fraction of sp³-hybridized carbons (Fsp3) is 0.636. The van der Waals surface area contributed by atoms with Gasteiger partial charge in [0.2, 0.25) is 0 Å². The standard InChI is InChI=1S/C11H19NO2/c1-4-13-7-9(2)12-10(3)11-5-6-14-8-11/h5-6,8-10,12H,4,7H2,1-3H3. The molecule has 0 amide bonds. The molecule has 0 fully saturated rings. The molecule has 1 aromatic rings. The third kappa shape index (κ3) is 3.52. The Morgan fingerprint density at radius 2 is 2.29 bits per heavy atom. The van der Waals surface area contributed by atoms with E-state index in [-0.39, 0.29) is 0 Å². The second kappa shape index (κ2) is 5.83. The van der Waals surface area contributed by atoms with E-state index in [9.17, 15) is 0 Å². The van der Waals surface area contributed by atoms with Crippen LogP contribution in [0.25, 0.3) is 0 Å². The predicted octanol–water partition coefficient (Wildman–Crippen LogP) is 2.36. The second-order valence-electron chi connectivity index (χ2n) is 3.51. The average molecular weight is 197 g/mol. The first-order valence-electron chi connectivity index (χ1n) is 5.10. The van der Waals surface area contributed by atoms with Crippen LogP contribution in [0.5, 0.6) is 0 Å². The predicted molar refractivity (Wildman–Crippen MR) is 56.2 cm³/mol. The number of hydrogen-bond acceptors (Lipinski definition) is 3. The Morgan fingerprint density at radius 1 is 1.50 bits per heavy atom. The highest BCUT2D eigenvalue weighted by Crippen LogP contribution is 2.12. The van der Waals surface area contributed by atoms with Crippen LogP contribution >= 0.6 is 0 Å². The summed E-state index contributed by atoms with van der Waals surface area (Å²) in [7, 11) is 0. The van der Waals surface area contributed by atoms with Gasteiger partial charge in [0, 0.05) is 24.3 Å². The number of rotatable bonds is 6. The van der Waals surface area contributed by atoms with E-state index in [4.69, 9.17) is 9.15 Å². The lowest BCUT2D eigenvalue weighted by Gasteiger charge is -2.18. The molecular weight excluding hydrogens is 178 g/mol. The quantitative estimate of drug-likeness (QED) is 0.760. The van der Waals surface area contributed by atoms with Crippen LogP contribution in [-0.4, -0.2) is 19.3 Å². The van der Waals surface area contributed by atoms with Crippen molar-refractivity contribution in [2.75, 3.05) is 13.2 Å². The monoisotopic (exact) mass is 197 g/mol. The number of ether oxygens (including phenoxy) is 1. The molecule has 14 heavy (non-hydrogen) atoms. The summed E-state index contributed by atoms with van der Waals surface area (Å²) in [6.07, 6.45) is 3.46. The molecule has 0 radical (unpaired) electrons. The highest BCUT2D eigenvalue weighted by Gasteiger charge is 2.09. The summed E-state index contributed by atoms with van der Waals surface area (Å²) < 4.78 is 10.4. The Kier molecular flexibility index (Phi) is 4.70. The first-order valence-corrected chi connectivity index (χ1v) is 5.10. The minimum atomic E-state index is 0.309. The minimum Gasteiger partial charge on any atom is -0.472 e. The molecule has 0 bridgehead atoms. The maximum Gasteiger partial charge on any atom is 0.0950 e. The normalized spacial score (nSPS) is 15.4. The van der Waals surface area contributed by atoms with Gasteiger partial charge >= 0.3 is 0 Å². The SMILES string of the molecule is CCOCC(C)NC(C)c1ccoc1. The summed E-state index contributed by atoms with van der Waals surface area (Å²) in [6, 6.07) is 2.65. The van der Waals surface area contributed by atoms with Gasteiger partial charge in [0.15, 0.2) is 0 Å². The summed E-state index contributed by atoms with van der Waals surface area (Å²) in [5.41, 5.74) is 1.17. The van der Waals surface area contributed by atoms with Crippen LogP contribution in [0.1, 0.15) is 32.4 Å². The molecule has 0 saturated carbocycles. The largest absolute Gasteiger partial charge is 0.472 e. The van der Waals surface area contributed by atoms with Crippen molar-refractivity contribution in [1.29, 1.82) is 0 Å². The Hall–Kier alpha value is -0.800. The van der Waals surface area contributed by atoms with Crippen molar-refractivity contribution in [1.82, 2.24) is 5.32 Å². The van der Waals surface area contributed by atoms with Crippen molar-refractivity contribution in [2.24, 2.45) is 0 Å². The summed E-state index contributed by atoms with van der Waals surface area (Å²) >= 11 is 0. The first kappa shape index (κ1) is 11.3. The van der Waals surface area contributed by atoms with E-state index in [2.05, 4.69) is 19.2 Å². The Morgan fingerprint density at radius 3 is 2.86 bits per heavy atom. The van der Waals surface area contributed by atoms with Crippen LogP contribution in [-0.2, 0) is 4.74 Å². The molecule has 1 aromatic heterocycles. The molecule has 0 aromatic carbocycles. The van der Waals surface area contributed by atoms with Crippen LogP contribution in [0.3, 0.4) is 0 Å². The number of hydrogen-bond donors (Lipinski definition) is 1. The van der Waals surface area contributed by atoms with Gasteiger partial charge in [-0.05, 0) is 26.8 Å². The van der Waals surface area contributed by atoms with Crippen LogP contribution in [0.4, 0.5) is 0 Å². The molecule has 80 valence electrons. The molecule has 0 aliphatic carbocycles. The van der Waals surface area contributed by atoms with E-state index in [0.717, 1.165) is 13.2 Å². The van der Waals surface area contributed by atoms with E-state index >= 15 is 0 Å². The smallest absolute Gasteiger partial charge is 0.0950 e. The van der Waals surface area contributed by atoms with Crippen molar-refractivity contribution in [2.45, 2.75) is 32.9 Å². The third-order valence-corrected chi connectivity index (χ3v) is 2.15. The molecular formula is C11H19NO2. The molecule has 3 heteroatoms. The molecule has 1 rings (SSSR count). The molecule has 1 heterocycles. The zero-order valence-corrected chi connectivity index (χ0v) is 9.12. The second-order valence-corrected chi connectivity index (χ2v) is 3.51. The van der Waals surface area contributed by atoms with Gasteiger partial charge in [0.05, 0.1) is 19.1 Å². The molecule has 2 atom stereocenters. The van der Waals surface area contributed by atoms with Gasteiger partial charge in [-0.25, -0.2) is 0 Å². The lowest BCUT2D eigenvalue weighted by Crippen LogP contribution is -2.32. The number of nitrogens with one attached hydrogen (secondary N) is 1. The summed E-state index contributed by atoms with van der Waals surface area (Å²) in [6.45, 7) is 7.76. The zero-order chi connectivity index (χ0) is 10.4. The Bertz CT molecular complexity index is 233. The van der Waals surface area contributed by atoms with Gasteiger partial charge in [0.25, 0.3) is 0 Å². The fourth-order valence-electron chi connectivity index (χ4n) is 1.39. The van der Waals surface area contributed by atoms with E-state index in [0.29, 0.717) is 12.1 Å².